The first-order valence-electron chi connectivity index (χ1n) is 4.27. The van der Waals surface area contributed by atoms with Gasteiger partial charge in [0.25, 0.3) is 0 Å². The monoisotopic (exact) mass is 216 g/mol. The molecule has 0 aliphatic carbocycles. The third-order valence-electron chi connectivity index (χ3n) is 2.53. The molecule has 0 bridgehead atoms. The van der Waals surface area contributed by atoms with Crippen molar-refractivity contribution in [3.8, 4) is 0 Å². The average molecular weight is 216 g/mol. The molecule has 0 spiro atoms. The lowest BCUT2D eigenvalue weighted by Gasteiger charge is -2.11. The van der Waals surface area contributed by atoms with Crippen molar-refractivity contribution in [2.24, 2.45) is 0 Å². The van der Waals surface area contributed by atoms with Crippen LogP contribution in [0.5, 0.6) is 0 Å². The Kier molecular flexibility index (Phi) is 2.67. The van der Waals surface area contributed by atoms with E-state index in [0.29, 0.717) is 11.1 Å². The van der Waals surface area contributed by atoms with Crippen LogP contribution >= 0.6 is 0 Å². The summed E-state index contributed by atoms with van der Waals surface area (Å²) in [5.41, 5.74) is 2.78. The topological polar surface area (TPSA) is 34.1 Å². The van der Waals surface area contributed by atoms with E-state index in [1.165, 1.54) is 0 Å². The van der Waals surface area contributed by atoms with E-state index >= 15 is 0 Å². The first-order valence-corrected chi connectivity index (χ1v) is 5.65. The normalized spacial score (nSPS) is 11.8. The Hall–Kier alpha value is -0.900. The molecule has 0 unspecified atom stereocenters. The van der Waals surface area contributed by atoms with Crippen LogP contribution in [0.4, 0.5) is 3.89 Å². The highest BCUT2D eigenvalue weighted by Crippen LogP contribution is 2.26. The fourth-order valence-electron chi connectivity index (χ4n) is 1.64. The largest absolute Gasteiger partial charge is 0.332 e. The summed E-state index contributed by atoms with van der Waals surface area (Å²) < 4.78 is 34.7. The number of halogens is 1. The van der Waals surface area contributed by atoms with Crippen LogP contribution in [0.2, 0.25) is 0 Å². The zero-order valence-corrected chi connectivity index (χ0v) is 9.50. The van der Waals surface area contributed by atoms with Crippen LogP contribution in [0.3, 0.4) is 0 Å². The average Bonchev–Trinajstić information content (AvgIpc) is 1.97. The molecule has 0 aliphatic rings. The zero-order chi connectivity index (χ0) is 11.1. The van der Waals surface area contributed by atoms with Crippen LogP contribution in [0.15, 0.2) is 11.0 Å². The molecule has 0 atom stereocenters. The van der Waals surface area contributed by atoms with Gasteiger partial charge in [-0.2, -0.15) is 8.42 Å². The van der Waals surface area contributed by atoms with Crippen LogP contribution in [-0.2, 0) is 10.2 Å². The molecule has 78 valence electrons. The number of aryl methyl sites for hydroxylation is 2. The minimum Gasteiger partial charge on any atom is -0.189 e. The zero-order valence-electron chi connectivity index (χ0n) is 8.68. The highest BCUT2D eigenvalue weighted by molar-refractivity contribution is 7.86. The number of benzene rings is 1. The van der Waals surface area contributed by atoms with Gasteiger partial charge in [-0.1, -0.05) is 6.07 Å². The highest BCUT2D eigenvalue weighted by atomic mass is 32.3. The maximum Gasteiger partial charge on any atom is 0.332 e. The van der Waals surface area contributed by atoms with Gasteiger partial charge in [0.2, 0.25) is 0 Å². The Morgan fingerprint density at radius 1 is 1.00 bits per heavy atom. The quantitative estimate of drug-likeness (QED) is 0.676. The standard InChI is InChI=1S/C10H13FO2S/c1-6-5-7(2)10(14(11,12)13)9(4)8(6)3/h5H,1-4H3. The third kappa shape index (κ3) is 1.80. The maximum absolute atomic E-state index is 12.9. The van der Waals surface area contributed by atoms with Gasteiger partial charge in [0.1, 0.15) is 4.90 Å². The molecule has 4 heteroatoms. The van der Waals surface area contributed by atoms with Gasteiger partial charge in [-0.05, 0) is 49.9 Å². The highest BCUT2D eigenvalue weighted by Gasteiger charge is 2.20. The molecule has 0 N–H and O–H groups in total. The Balaban J connectivity index is 3.70. The SMILES string of the molecule is Cc1cc(C)c(S(=O)(=O)F)c(C)c1C. The van der Waals surface area contributed by atoms with Crippen molar-refractivity contribution >= 4 is 10.2 Å². The molecule has 0 radical (unpaired) electrons. The van der Waals surface area contributed by atoms with Crippen molar-refractivity contribution in [1.29, 1.82) is 0 Å². The van der Waals surface area contributed by atoms with E-state index in [-0.39, 0.29) is 4.90 Å². The van der Waals surface area contributed by atoms with Crippen molar-refractivity contribution in [2.75, 3.05) is 0 Å². The van der Waals surface area contributed by atoms with Gasteiger partial charge in [-0.15, -0.1) is 3.89 Å². The van der Waals surface area contributed by atoms with Crippen molar-refractivity contribution in [3.63, 3.8) is 0 Å². The summed E-state index contributed by atoms with van der Waals surface area (Å²) in [5.74, 6) is 0. The van der Waals surface area contributed by atoms with Gasteiger partial charge in [-0.3, -0.25) is 0 Å². The van der Waals surface area contributed by atoms with Crippen LogP contribution in [0.1, 0.15) is 22.3 Å². The molecule has 14 heavy (non-hydrogen) atoms. The van der Waals surface area contributed by atoms with Crippen molar-refractivity contribution in [1.82, 2.24) is 0 Å². The first kappa shape index (κ1) is 11.2. The van der Waals surface area contributed by atoms with E-state index in [1.807, 2.05) is 6.92 Å². The summed E-state index contributed by atoms with van der Waals surface area (Å²) in [5, 5.41) is 0. The fraction of sp³-hybridized carbons (Fsp3) is 0.400. The molecule has 0 aromatic heterocycles. The lowest BCUT2D eigenvalue weighted by molar-refractivity contribution is 0.550. The minimum atomic E-state index is -4.60. The molecule has 0 heterocycles. The molecular formula is C10H13FO2S. The molecule has 1 rings (SSSR count). The molecule has 0 saturated heterocycles. The summed E-state index contributed by atoms with van der Waals surface area (Å²) in [6.07, 6.45) is 0. The Labute approximate surface area is 84.0 Å². The second-order valence-corrected chi connectivity index (χ2v) is 4.81. The lowest BCUT2D eigenvalue weighted by Crippen LogP contribution is -2.02. The Morgan fingerprint density at radius 3 is 1.93 bits per heavy atom. The van der Waals surface area contributed by atoms with Crippen molar-refractivity contribution < 1.29 is 12.3 Å². The number of hydrogen-bond donors (Lipinski definition) is 0. The van der Waals surface area contributed by atoms with E-state index in [2.05, 4.69) is 0 Å². The molecule has 0 aliphatic heterocycles. The first-order chi connectivity index (χ1) is 6.25. The van der Waals surface area contributed by atoms with Crippen molar-refractivity contribution in [2.45, 2.75) is 32.6 Å². The van der Waals surface area contributed by atoms with Crippen LogP contribution in [0, 0.1) is 27.7 Å². The molecular weight excluding hydrogens is 203 g/mol. The predicted octanol–water partition coefficient (Wildman–Crippen LogP) is 2.58. The maximum atomic E-state index is 12.9. The third-order valence-corrected chi connectivity index (χ3v) is 3.65. The van der Waals surface area contributed by atoms with E-state index in [1.54, 1.807) is 26.8 Å². The van der Waals surface area contributed by atoms with E-state index in [9.17, 15) is 12.3 Å². The Morgan fingerprint density at radius 2 is 1.50 bits per heavy atom. The summed E-state index contributed by atoms with van der Waals surface area (Å²) in [6, 6.07) is 1.69. The van der Waals surface area contributed by atoms with Gasteiger partial charge in [0, 0.05) is 0 Å². The molecule has 2 nitrogen and oxygen atoms in total. The molecule has 0 fully saturated rings. The van der Waals surface area contributed by atoms with Gasteiger partial charge < -0.3 is 0 Å². The molecule has 0 amide bonds. The van der Waals surface area contributed by atoms with E-state index in [0.717, 1.165) is 11.1 Å². The van der Waals surface area contributed by atoms with Gasteiger partial charge in [-0.25, -0.2) is 0 Å². The second kappa shape index (κ2) is 3.35. The summed E-state index contributed by atoms with van der Waals surface area (Å²) in [6.45, 7) is 6.90. The summed E-state index contributed by atoms with van der Waals surface area (Å²) >= 11 is 0. The lowest BCUT2D eigenvalue weighted by atomic mass is 10.0. The Bertz CT molecular complexity index is 475. The smallest absolute Gasteiger partial charge is 0.189 e. The summed E-state index contributed by atoms with van der Waals surface area (Å²) in [7, 11) is -4.60. The van der Waals surface area contributed by atoms with Gasteiger partial charge in [0.05, 0.1) is 0 Å². The van der Waals surface area contributed by atoms with E-state index in [4.69, 9.17) is 0 Å². The summed E-state index contributed by atoms with van der Waals surface area (Å²) in [4.78, 5) is -0.180. The second-order valence-electron chi connectivity index (χ2n) is 3.53. The van der Waals surface area contributed by atoms with Crippen LogP contribution in [0.25, 0.3) is 0 Å². The van der Waals surface area contributed by atoms with Crippen LogP contribution in [-0.4, -0.2) is 8.42 Å². The van der Waals surface area contributed by atoms with Gasteiger partial charge >= 0.3 is 10.2 Å². The molecule has 1 aromatic carbocycles. The number of rotatable bonds is 1. The molecule has 0 saturated carbocycles. The van der Waals surface area contributed by atoms with Gasteiger partial charge in [0.15, 0.2) is 0 Å². The van der Waals surface area contributed by atoms with Crippen molar-refractivity contribution in [3.05, 3.63) is 28.3 Å². The van der Waals surface area contributed by atoms with E-state index < -0.39 is 10.2 Å². The predicted molar refractivity (Wildman–Crippen MR) is 53.7 cm³/mol. The number of hydrogen-bond acceptors (Lipinski definition) is 2. The fourth-order valence-corrected chi connectivity index (χ4v) is 2.60. The molecule has 1 aromatic rings. The minimum absolute atomic E-state index is 0.180. The van der Waals surface area contributed by atoms with Crippen LogP contribution < -0.4 is 0 Å².